The van der Waals surface area contributed by atoms with Crippen LogP contribution in [0.5, 0.6) is 0 Å². The Morgan fingerprint density at radius 3 is 2.95 bits per heavy atom. The fourth-order valence-corrected chi connectivity index (χ4v) is 3.02. The Morgan fingerprint density at radius 2 is 2.19 bits per heavy atom. The van der Waals surface area contributed by atoms with Crippen molar-refractivity contribution in [3.63, 3.8) is 0 Å². The van der Waals surface area contributed by atoms with Gasteiger partial charge in [0.15, 0.2) is 5.69 Å². The lowest BCUT2D eigenvalue weighted by atomic mass is 9.85. The zero-order valence-corrected chi connectivity index (χ0v) is 11.7. The van der Waals surface area contributed by atoms with E-state index in [1.54, 1.807) is 6.92 Å². The maximum absolute atomic E-state index is 12.4. The summed E-state index contributed by atoms with van der Waals surface area (Å²) >= 11 is 0. The minimum Gasteiger partial charge on any atom is -0.481 e. The second-order valence-electron chi connectivity index (χ2n) is 5.76. The van der Waals surface area contributed by atoms with E-state index in [0.717, 1.165) is 17.3 Å². The van der Waals surface area contributed by atoms with Crippen molar-refractivity contribution in [3.05, 3.63) is 30.0 Å². The van der Waals surface area contributed by atoms with Crippen LogP contribution < -0.4 is 5.32 Å². The van der Waals surface area contributed by atoms with Crippen molar-refractivity contribution >= 4 is 22.8 Å². The van der Waals surface area contributed by atoms with Gasteiger partial charge in [0.1, 0.15) is 0 Å². The lowest BCUT2D eigenvalue weighted by Gasteiger charge is -2.27. The first-order valence-electron chi connectivity index (χ1n) is 7.00. The van der Waals surface area contributed by atoms with Crippen molar-refractivity contribution in [1.82, 2.24) is 15.5 Å². The summed E-state index contributed by atoms with van der Waals surface area (Å²) < 4.78 is 0. The standard InChI is InChI=1S/C15H17N3O3/c1-15(14(20)21)8-4-7-11(15)16-13(19)12-9-5-2-3-6-10(9)17-18-12/h2-3,5-6,11H,4,7-8H2,1H3,(H,16,19)(H,17,18)(H,20,21). The number of carbonyl (C=O) groups excluding carboxylic acids is 1. The van der Waals surface area contributed by atoms with Crippen LogP contribution in [0.25, 0.3) is 10.9 Å². The summed E-state index contributed by atoms with van der Waals surface area (Å²) in [5, 5.41) is 19.8. The first-order chi connectivity index (χ1) is 10.0. The van der Waals surface area contributed by atoms with Crippen molar-refractivity contribution in [3.8, 4) is 0 Å². The molecule has 0 saturated heterocycles. The van der Waals surface area contributed by atoms with Gasteiger partial charge in [-0.3, -0.25) is 14.7 Å². The van der Waals surface area contributed by atoms with Gasteiger partial charge in [-0.25, -0.2) is 0 Å². The number of nitrogens with one attached hydrogen (secondary N) is 2. The lowest BCUT2D eigenvalue weighted by molar-refractivity contribution is -0.148. The van der Waals surface area contributed by atoms with Gasteiger partial charge in [0.05, 0.1) is 10.9 Å². The molecule has 21 heavy (non-hydrogen) atoms. The van der Waals surface area contributed by atoms with Gasteiger partial charge in [-0.2, -0.15) is 5.10 Å². The van der Waals surface area contributed by atoms with E-state index >= 15 is 0 Å². The lowest BCUT2D eigenvalue weighted by Crippen LogP contribution is -2.47. The summed E-state index contributed by atoms with van der Waals surface area (Å²) in [6.07, 6.45) is 2.06. The minimum absolute atomic E-state index is 0.310. The Bertz CT molecular complexity index is 709. The Labute approximate surface area is 121 Å². The molecule has 6 heteroatoms. The summed E-state index contributed by atoms with van der Waals surface area (Å²) in [5.41, 5.74) is 0.196. The number of para-hydroxylation sites is 1. The number of benzene rings is 1. The highest BCUT2D eigenvalue weighted by Gasteiger charge is 2.46. The number of nitrogens with zero attached hydrogens (tertiary/aromatic N) is 1. The average Bonchev–Trinajstić information content (AvgIpc) is 3.04. The Kier molecular flexibility index (Phi) is 3.16. The molecule has 110 valence electrons. The van der Waals surface area contributed by atoms with Crippen LogP contribution in [0.1, 0.15) is 36.7 Å². The van der Waals surface area contributed by atoms with Gasteiger partial charge in [0.25, 0.3) is 5.91 Å². The van der Waals surface area contributed by atoms with Crippen LogP contribution >= 0.6 is 0 Å². The van der Waals surface area contributed by atoms with Gasteiger partial charge in [-0.1, -0.05) is 24.6 Å². The van der Waals surface area contributed by atoms with Crippen molar-refractivity contribution in [1.29, 1.82) is 0 Å². The summed E-state index contributed by atoms with van der Waals surface area (Å²) in [5.74, 6) is -1.19. The number of carbonyl (C=O) groups is 2. The number of aromatic amines is 1. The number of hydrogen-bond acceptors (Lipinski definition) is 3. The highest BCUT2D eigenvalue weighted by Crippen LogP contribution is 2.38. The molecule has 3 N–H and O–H groups in total. The number of hydrogen-bond donors (Lipinski definition) is 3. The zero-order valence-electron chi connectivity index (χ0n) is 11.7. The molecule has 0 bridgehead atoms. The molecule has 1 fully saturated rings. The molecule has 2 unspecified atom stereocenters. The fourth-order valence-electron chi connectivity index (χ4n) is 3.02. The second kappa shape index (κ2) is 4.87. The van der Waals surface area contributed by atoms with Crippen molar-refractivity contribution in [2.24, 2.45) is 5.41 Å². The molecule has 1 aliphatic carbocycles. The number of carboxylic acid groups (broad SMARTS) is 1. The van der Waals surface area contributed by atoms with Crippen LogP contribution in [-0.2, 0) is 4.79 Å². The van der Waals surface area contributed by atoms with Crippen molar-refractivity contribution in [2.75, 3.05) is 0 Å². The molecule has 1 aromatic heterocycles. The topological polar surface area (TPSA) is 95.1 Å². The molecule has 1 heterocycles. The summed E-state index contributed by atoms with van der Waals surface area (Å²) in [4.78, 5) is 23.8. The third kappa shape index (κ3) is 2.16. The number of aromatic nitrogens is 2. The smallest absolute Gasteiger partial charge is 0.311 e. The number of H-pyrrole nitrogens is 1. The largest absolute Gasteiger partial charge is 0.481 e. The predicted molar refractivity (Wildman–Crippen MR) is 76.9 cm³/mol. The molecule has 1 amide bonds. The molecular formula is C15H17N3O3. The van der Waals surface area contributed by atoms with E-state index in [1.807, 2.05) is 24.3 Å². The number of aliphatic carboxylic acids is 1. The first-order valence-corrected chi connectivity index (χ1v) is 7.00. The van der Waals surface area contributed by atoms with Crippen LogP contribution in [0.2, 0.25) is 0 Å². The minimum atomic E-state index is -0.901. The maximum Gasteiger partial charge on any atom is 0.311 e. The molecule has 0 radical (unpaired) electrons. The maximum atomic E-state index is 12.4. The van der Waals surface area contributed by atoms with Crippen LogP contribution in [0.15, 0.2) is 24.3 Å². The normalized spacial score (nSPS) is 25.1. The Morgan fingerprint density at radius 1 is 1.43 bits per heavy atom. The average molecular weight is 287 g/mol. The summed E-state index contributed by atoms with van der Waals surface area (Å²) in [7, 11) is 0. The van der Waals surface area contributed by atoms with E-state index in [9.17, 15) is 14.7 Å². The number of rotatable bonds is 3. The van der Waals surface area contributed by atoms with Gasteiger partial charge >= 0.3 is 5.97 Å². The predicted octanol–water partition coefficient (Wildman–Crippen LogP) is 1.94. The van der Waals surface area contributed by atoms with E-state index < -0.39 is 11.4 Å². The Hall–Kier alpha value is -2.37. The zero-order chi connectivity index (χ0) is 15.0. The number of carboxylic acids is 1. The molecule has 2 atom stereocenters. The van der Waals surface area contributed by atoms with E-state index in [1.165, 1.54) is 0 Å². The molecule has 1 aromatic carbocycles. The SMILES string of the molecule is CC1(C(=O)O)CCCC1NC(=O)c1n[nH]c2ccccc12. The van der Waals surface area contributed by atoms with Crippen LogP contribution in [0.4, 0.5) is 0 Å². The number of fused-ring (bicyclic) bond motifs is 1. The number of amides is 1. The van der Waals surface area contributed by atoms with E-state index in [0.29, 0.717) is 18.5 Å². The molecule has 1 aliphatic rings. The molecule has 2 aromatic rings. The summed E-state index contributed by atoms with van der Waals surface area (Å²) in [6, 6.07) is 7.00. The quantitative estimate of drug-likeness (QED) is 0.804. The molecule has 0 spiro atoms. The third-order valence-corrected chi connectivity index (χ3v) is 4.44. The van der Waals surface area contributed by atoms with Crippen LogP contribution in [0.3, 0.4) is 0 Å². The van der Waals surface area contributed by atoms with Crippen molar-refractivity contribution in [2.45, 2.75) is 32.2 Å². The van der Waals surface area contributed by atoms with Gasteiger partial charge in [0, 0.05) is 11.4 Å². The van der Waals surface area contributed by atoms with Crippen LogP contribution in [-0.4, -0.2) is 33.2 Å². The molecular weight excluding hydrogens is 270 g/mol. The van der Waals surface area contributed by atoms with E-state index in [-0.39, 0.29) is 11.9 Å². The van der Waals surface area contributed by atoms with Gasteiger partial charge in [-0.05, 0) is 25.8 Å². The Balaban J connectivity index is 1.85. The van der Waals surface area contributed by atoms with E-state index in [4.69, 9.17) is 0 Å². The summed E-state index contributed by atoms with van der Waals surface area (Å²) in [6.45, 7) is 1.69. The first kappa shape index (κ1) is 13.6. The monoisotopic (exact) mass is 287 g/mol. The highest BCUT2D eigenvalue weighted by molar-refractivity contribution is 6.04. The van der Waals surface area contributed by atoms with Gasteiger partial charge in [0.2, 0.25) is 0 Å². The molecule has 0 aliphatic heterocycles. The second-order valence-corrected chi connectivity index (χ2v) is 5.76. The molecule has 3 rings (SSSR count). The third-order valence-electron chi connectivity index (χ3n) is 4.44. The molecule has 1 saturated carbocycles. The van der Waals surface area contributed by atoms with Crippen molar-refractivity contribution < 1.29 is 14.7 Å². The van der Waals surface area contributed by atoms with Gasteiger partial charge in [-0.15, -0.1) is 0 Å². The van der Waals surface area contributed by atoms with E-state index in [2.05, 4.69) is 15.5 Å². The highest BCUT2D eigenvalue weighted by atomic mass is 16.4. The molecule has 6 nitrogen and oxygen atoms in total. The fraction of sp³-hybridized carbons (Fsp3) is 0.400. The van der Waals surface area contributed by atoms with Crippen LogP contribution in [0, 0.1) is 5.41 Å². The van der Waals surface area contributed by atoms with Gasteiger partial charge < -0.3 is 10.4 Å².